The van der Waals surface area contributed by atoms with Gasteiger partial charge in [-0.15, -0.1) is 0 Å². The molecule has 1 aliphatic rings. The second kappa shape index (κ2) is 3.92. The number of hydrogen-bond donors (Lipinski definition) is 1. The molecule has 2 aromatic rings. The van der Waals surface area contributed by atoms with Crippen molar-refractivity contribution in [1.82, 2.24) is 0 Å². The Labute approximate surface area is 102 Å². The first kappa shape index (κ1) is 10.4. The molecule has 0 aliphatic carbocycles. The zero-order chi connectivity index (χ0) is 11.8. The monoisotopic (exact) mass is 223 g/mol. The molecule has 1 heterocycles. The van der Waals surface area contributed by atoms with Gasteiger partial charge in [-0.25, -0.2) is 0 Å². The van der Waals surface area contributed by atoms with Gasteiger partial charge in [-0.1, -0.05) is 29.8 Å². The van der Waals surface area contributed by atoms with E-state index in [4.69, 9.17) is 0 Å². The number of hydrogen-bond acceptors (Lipinski definition) is 1. The number of benzene rings is 2. The smallest absolute Gasteiger partial charge is 0.0373 e. The Morgan fingerprint density at radius 3 is 2.71 bits per heavy atom. The van der Waals surface area contributed by atoms with E-state index in [0.29, 0.717) is 0 Å². The van der Waals surface area contributed by atoms with Gasteiger partial charge in [-0.2, -0.15) is 0 Å². The van der Waals surface area contributed by atoms with Crippen LogP contribution in [0.25, 0.3) is 11.1 Å². The van der Waals surface area contributed by atoms with E-state index in [0.717, 1.165) is 13.0 Å². The fraction of sp³-hybridized carbons (Fsp3) is 0.250. The van der Waals surface area contributed by atoms with Gasteiger partial charge in [0.15, 0.2) is 0 Å². The molecule has 17 heavy (non-hydrogen) atoms. The van der Waals surface area contributed by atoms with E-state index < -0.39 is 0 Å². The van der Waals surface area contributed by atoms with Crippen LogP contribution in [0.4, 0.5) is 5.69 Å². The molecule has 1 nitrogen and oxygen atoms in total. The highest BCUT2D eigenvalue weighted by Gasteiger charge is 2.11. The van der Waals surface area contributed by atoms with Crippen molar-refractivity contribution in [3.63, 3.8) is 0 Å². The summed E-state index contributed by atoms with van der Waals surface area (Å²) in [5.74, 6) is 0. The van der Waals surface area contributed by atoms with Crippen molar-refractivity contribution in [3.8, 4) is 11.1 Å². The zero-order valence-electron chi connectivity index (χ0n) is 10.4. The lowest BCUT2D eigenvalue weighted by atomic mass is 9.97. The molecule has 1 aliphatic heterocycles. The van der Waals surface area contributed by atoms with Gasteiger partial charge in [0.25, 0.3) is 0 Å². The molecular weight excluding hydrogens is 206 g/mol. The van der Waals surface area contributed by atoms with Crippen molar-refractivity contribution in [2.75, 3.05) is 11.9 Å². The molecule has 0 radical (unpaired) electrons. The lowest BCUT2D eigenvalue weighted by Gasteiger charge is -2.09. The maximum Gasteiger partial charge on any atom is 0.0373 e. The van der Waals surface area contributed by atoms with Crippen molar-refractivity contribution in [1.29, 1.82) is 0 Å². The van der Waals surface area contributed by atoms with E-state index in [9.17, 15) is 0 Å². The number of rotatable bonds is 1. The Kier molecular flexibility index (Phi) is 2.40. The first-order valence-corrected chi connectivity index (χ1v) is 6.18. The van der Waals surface area contributed by atoms with Crippen molar-refractivity contribution in [2.24, 2.45) is 0 Å². The number of nitrogens with one attached hydrogen (secondary N) is 1. The molecule has 0 fully saturated rings. The average Bonchev–Trinajstić information content (AvgIpc) is 2.75. The maximum absolute atomic E-state index is 3.40. The molecule has 1 heteroatoms. The first-order valence-electron chi connectivity index (χ1n) is 6.18. The van der Waals surface area contributed by atoms with Crippen LogP contribution >= 0.6 is 0 Å². The van der Waals surface area contributed by atoms with Gasteiger partial charge in [-0.05, 0) is 54.7 Å². The lowest BCUT2D eigenvalue weighted by Crippen LogP contribution is -1.90. The fourth-order valence-electron chi connectivity index (χ4n) is 2.61. The summed E-state index contributed by atoms with van der Waals surface area (Å²) in [6.07, 6.45) is 1.15. The number of anilines is 1. The van der Waals surface area contributed by atoms with Crippen LogP contribution in [0.1, 0.15) is 16.7 Å². The van der Waals surface area contributed by atoms with Crippen LogP contribution in [0.3, 0.4) is 0 Å². The van der Waals surface area contributed by atoms with E-state index in [1.54, 1.807) is 0 Å². The summed E-state index contributed by atoms with van der Waals surface area (Å²) in [6, 6.07) is 13.4. The molecule has 2 aromatic carbocycles. The lowest BCUT2D eigenvalue weighted by molar-refractivity contribution is 1.11. The molecule has 0 saturated carbocycles. The highest BCUT2D eigenvalue weighted by Crippen LogP contribution is 2.30. The highest BCUT2D eigenvalue weighted by atomic mass is 14.9. The first-order chi connectivity index (χ1) is 8.24. The van der Waals surface area contributed by atoms with Gasteiger partial charge in [0.1, 0.15) is 0 Å². The van der Waals surface area contributed by atoms with Gasteiger partial charge in [0.05, 0.1) is 0 Å². The molecule has 0 aromatic heterocycles. The summed E-state index contributed by atoms with van der Waals surface area (Å²) in [6.45, 7) is 5.41. The Balaban J connectivity index is 2.09. The molecule has 0 amide bonds. The van der Waals surface area contributed by atoms with Crippen LogP contribution in [-0.2, 0) is 6.42 Å². The summed E-state index contributed by atoms with van der Waals surface area (Å²) in [7, 11) is 0. The molecule has 86 valence electrons. The third kappa shape index (κ3) is 1.82. The van der Waals surface area contributed by atoms with E-state index in [1.165, 1.54) is 33.5 Å². The van der Waals surface area contributed by atoms with Crippen LogP contribution in [0.15, 0.2) is 36.4 Å². The predicted octanol–water partition coefficient (Wildman–Crippen LogP) is 3.94. The molecule has 0 saturated heterocycles. The zero-order valence-corrected chi connectivity index (χ0v) is 10.4. The normalized spacial score (nSPS) is 13.3. The van der Waals surface area contributed by atoms with Crippen molar-refractivity contribution in [2.45, 2.75) is 20.3 Å². The summed E-state index contributed by atoms with van der Waals surface area (Å²) < 4.78 is 0. The largest absolute Gasteiger partial charge is 0.384 e. The minimum atomic E-state index is 1.08. The second-order valence-electron chi connectivity index (χ2n) is 4.87. The average molecular weight is 223 g/mol. The quantitative estimate of drug-likeness (QED) is 0.772. The van der Waals surface area contributed by atoms with E-state index in [2.05, 4.69) is 55.6 Å². The topological polar surface area (TPSA) is 12.0 Å². The third-order valence-electron chi connectivity index (χ3n) is 3.51. The van der Waals surface area contributed by atoms with Crippen molar-refractivity contribution < 1.29 is 0 Å². The van der Waals surface area contributed by atoms with Crippen LogP contribution < -0.4 is 5.32 Å². The summed E-state index contributed by atoms with van der Waals surface area (Å²) >= 11 is 0. The summed E-state index contributed by atoms with van der Waals surface area (Å²) in [5, 5.41) is 3.40. The Hall–Kier alpha value is -1.76. The van der Waals surface area contributed by atoms with Crippen LogP contribution in [0, 0.1) is 13.8 Å². The van der Waals surface area contributed by atoms with E-state index in [-0.39, 0.29) is 0 Å². The standard InChI is InChI=1S/C16H17N/c1-11-3-5-15(12(2)9-11)13-4-6-16-14(10-13)7-8-17-16/h3-6,9-10,17H,7-8H2,1-2H3. The van der Waals surface area contributed by atoms with E-state index in [1.807, 2.05) is 0 Å². The van der Waals surface area contributed by atoms with Crippen LogP contribution in [0.5, 0.6) is 0 Å². The van der Waals surface area contributed by atoms with Crippen molar-refractivity contribution >= 4 is 5.69 Å². The van der Waals surface area contributed by atoms with Gasteiger partial charge in [0, 0.05) is 12.2 Å². The fourth-order valence-corrected chi connectivity index (χ4v) is 2.61. The Bertz CT molecular complexity index is 570. The van der Waals surface area contributed by atoms with Crippen LogP contribution in [-0.4, -0.2) is 6.54 Å². The maximum atomic E-state index is 3.40. The van der Waals surface area contributed by atoms with Gasteiger partial charge < -0.3 is 5.32 Å². The van der Waals surface area contributed by atoms with Gasteiger partial charge in [-0.3, -0.25) is 0 Å². The molecule has 0 unspecified atom stereocenters. The molecular formula is C16H17N. The Morgan fingerprint density at radius 1 is 1.00 bits per heavy atom. The van der Waals surface area contributed by atoms with Crippen molar-refractivity contribution in [3.05, 3.63) is 53.1 Å². The summed E-state index contributed by atoms with van der Waals surface area (Å²) in [4.78, 5) is 0. The second-order valence-corrected chi connectivity index (χ2v) is 4.87. The summed E-state index contributed by atoms with van der Waals surface area (Å²) in [5.41, 5.74) is 8.13. The molecule has 0 bridgehead atoms. The van der Waals surface area contributed by atoms with E-state index >= 15 is 0 Å². The molecule has 1 N–H and O–H groups in total. The third-order valence-corrected chi connectivity index (χ3v) is 3.51. The molecule has 0 atom stereocenters. The SMILES string of the molecule is Cc1ccc(-c2ccc3c(c2)CCN3)c(C)c1. The molecule has 0 spiro atoms. The van der Waals surface area contributed by atoms with Crippen LogP contribution in [0.2, 0.25) is 0 Å². The Morgan fingerprint density at radius 2 is 1.88 bits per heavy atom. The van der Waals surface area contributed by atoms with Gasteiger partial charge >= 0.3 is 0 Å². The van der Waals surface area contributed by atoms with Gasteiger partial charge in [0.2, 0.25) is 0 Å². The highest BCUT2D eigenvalue weighted by molar-refractivity contribution is 5.72. The number of fused-ring (bicyclic) bond motifs is 1. The minimum absolute atomic E-state index is 1.08. The minimum Gasteiger partial charge on any atom is -0.384 e. The number of aryl methyl sites for hydroxylation is 2. The predicted molar refractivity (Wildman–Crippen MR) is 73.5 cm³/mol. The molecule has 3 rings (SSSR count).